The molecule has 156 valence electrons. The molecule has 9 heteroatoms. The monoisotopic (exact) mass is 403 g/mol. The Labute approximate surface area is 169 Å². The van der Waals surface area contributed by atoms with Gasteiger partial charge in [0, 0.05) is 50.9 Å². The number of nitrogens with two attached hydrogens (primary N) is 1. The second kappa shape index (κ2) is 9.62. The van der Waals surface area contributed by atoms with Crippen molar-refractivity contribution in [3.05, 3.63) is 47.6 Å². The van der Waals surface area contributed by atoms with Crippen LogP contribution in [0.1, 0.15) is 17.9 Å². The van der Waals surface area contributed by atoms with Gasteiger partial charge in [0.15, 0.2) is 5.76 Å². The Morgan fingerprint density at radius 3 is 2.41 bits per heavy atom. The molecular weight excluding hydrogens is 377 g/mol. The van der Waals surface area contributed by atoms with Crippen LogP contribution in [0.15, 0.2) is 34.9 Å². The number of halogens is 1. The van der Waals surface area contributed by atoms with Crippen molar-refractivity contribution < 1.29 is 18.5 Å². The van der Waals surface area contributed by atoms with E-state index in [2.05, 4.69) is 15.0 Å². The topological polar surface area (TPSA) is 95.9 Å². The van der Waals surface area contributed by atoms with E-state index in [-0.39, 0.29) is 31.2 Å². The highest BCUT2D eigenvalue weighted by Crippen LogP contribution is 2.17. The summed E-state index contributed by atoms with van der Waals surface area (Å²) in [6, 6.07) is 7.58. The SMILES string of the molecule is Cc1cc(CN2CCN(CC(=O)N(CCC(N)=O)c3ccc(F)cc3)CC2)on1. The number of anilines is 1. The number of benzene rings is 1. The van der Waals surface area contributed by atoms with E-state index in [9.17, 15) is 14.0 Å². The Bertz CT molecular complexity index is 831. The predicted octanol–water partition coefficient (Wildman–Crippen LogP) is 1.15. The van der Waals surface area contributed by atoms with E-state index in [1.54, 1.807) is 0 Å². The van der Waals surface area contributed by atoms with Crippen LogP contribution in [0.5, 0.6) is 0 Å². The van der Waals surface area contributed by atoms with E-state index in [0.29, 0.717) is 12.2 Å². The van der Waals surface area contributed by atoms with Crippen molar-refractivity contribution in [1.29, 1.82) is 0 Å². The summed E-state index contributed by atoms with van der Waals surface area (Å²) in [5.74, 6) is -0.173. The van der Waals surface area contributed by atoms with E-state index in [0.717, 1.165) is 37.6 Å². The van der Waals surface area contributed by atoms with Gasteiger partial charge in [-0.15, -0.1) is 0 Å². The number of amides is 2. The molecule has 1 aromatic carbocycles. The number of hydrogen-bond donors (Lipinski definition) is 1. The Kier molecular flexibility index (Phi) is 6.95. The maximum Gasteiger partial charge on any atom is 0.241 e. The van der Waals surface area contributed by atoms with Gasteiger partial charge in [0.25, 0.3) is 0 Å². The zero-order chi connectivity index (χ0) is 20.8. The molecule has 1 aliphatic heterocycles. The maximum absolute atomic E-state index is 13.2. The van der Waals surface area contributed by atoms with E-state index in [1.807, 2.05) is 13.0 Å². The molecule has 2 amide bonds. The van der Waals surface area contributed by atoms with Crippen LogP contribution in [0.3, 0.4) is 0 Å². The molecule has 0 bridgehead atoms. The minimum absolute atomic E-state index is 0.0491. The van der Waals surface area contributed by atoms with E-state index in [4.69, 9.17) is 10.3 Å². The number of aryl methyl sites for hydroxylation is 1. The number of hydrogen-bond acceptors (Lipinski definition) is 6. The number of primary amides is 1. The van der Waals surface area contributed by atoms with Gasteiger partial charge < -0.3 is 15.2 Å². The molecule has 0 spiro atoms. The first kappa shape index (κ1) is 20.9. The van der Waals surface area contributed by atoms with Crippen LogP contribution in [0, 0.1) is 12.7 Å². The third-order valence-electron chi connectivity index (χ3n) is 4.90. The van der Waals surface area contributed by atoms with Gasteiger partial charge in [-0.05, 0) is 31.2 Å². The Morgan fingerprint density at radius 2 is 1.83 bits per heavy atom. The highest BCUT2D eigenvalue weighted by Gasteiger charge is 2.23. The number of carbonyl (C=O) groups excluding carboxylic acids is 2. The Hall–Kier alpha value is -2.78. The highest BCUT2D eigenvalue weighted by atomic mass is 19.1. The highest BCUT2D eigenvalue weighted by molar-refractivity contribution is 5.95. The standard InChI is InChI=1S/C20H26FN5O3/c1-15-12-18(29-23-15)13-24-8-10-25(11-9-24)14-20(28)26(7-6-19(22)27)17-4-2-16(21)3-5-17/h2-5,12H,6-11,13-14H2,1H3,(H2,22,27). The number of nitrogens with zero attached hydrogens (tertiary/aromatic N) is 4. The lowest BCUT2D eigenvalue weighted by molar-refractivity contribution is -0.120. The lowest BCUT2D eigenvalue weighted by Gasteiger charge is -2.35. The van der Waals surface area contributed by atoms with Crippen LogP contribution in [0.2, 0.25) is 0 Å². The molecule has 0 saturated carbocycles. The molecule has 2 N–H and O–H groups in total. The first-order chi connectivity index (χ1) is 13.9. The molecule has 1 saturated heterocycles. The molecule has 3 rings (SSSR count). The first-order valence-electron chi connectivity index (χ1n) is 9.62. The molecule has 0 unspecified atom stereocenters. The van der Waals surface area contributed by atoms with Gasteiger partial charge in [-0.3, -0.25) is 19.4 Å². The van der Waals surface area contributed by atoms with Crippen LogP contribution >= 0.6 is 0 Å². The summed E-state index contributed by atoms with van der Waals surface area (Å²) in [6.07, 6.45) is 0.0491. The summed E-state index contributed by atoms with van der Waals surface area (Å²) in [5, 5.41) is 3.90. The Morgan fingerprint density at radius 1 is 1.17 bits per heavy atom. The quantitative estimate of drug-likeness (QED) is 0.710. The minimum atomic E-state index is -0.485. The summed E-state index contributed by atoms with van der Waals surface area (Å²) in [5.41, 5.74) is 6.66. The molecule has 1 aliphatic rings. The molecular formula is C20H26FN5O3. The predicted molar refractivity (Wildman–Crippen MR) is 106 cm³/mol. The molecule has 2 heterocycles. The zero-order valence-corrected chi connectivity index (χ0v) is 16.5. The van der Waals surface area contributed by atoms with Gasteiger partial charge >= 0.3 is 0 Å². The van der Waals surface area contributed by atoms with Crippen molar-refractivity contribution in [3.8, 4) is 0 Å². The lowest BCUT2D eigenvalue weighted by atomic mass is 10.2. The molecule has 1 fully saturated rings. The molecule has 0 aliphatic carbocycles. The van der Waals surface area contributed by atoms with Gasteiger partial charge in [-0.25, -0.2) is 4.39 Å². The normalized spacial score (nSPS) is 15.4. The molecule has 2 aromatic rings. The van der Waals surface area contributed by atoms with Crippen molar-refractivity contribution in [1.82, 2.24) is 15.0 Å². The number of rotatable bonds is 8. The second-order valence-electron chi connectivity index (χ2n) is 7.23. The van der Waals surface area contributed by atoms with Crippen molar-refractivity contribution in [3.63, 3.8) is 0 Å². The second-order valence-corrected chi connectivity index (χ2v) is 7.23. The van der Waals surface area contributed by atoms with E-state index < -0.39 is 5.91 Å². The number of carbonyl (C=O) groups is 2. The summed E-state index contributed by atoms with van der Waals surface area (Å²) < 4.78 is 18.5. The van der Waals surface area contributed by atoms with Gasteiger partial charge in [0.2, 0.25) is 11.8 Å². The fourth-order valence-corrected chi connectivity index (χ4v) is 3.33. The fraction of sp³-hybridized carbons (Fsp3) is 0.450. The number of piperazine rings is 1. The van der Waals surface area contributed by atoms with E-state index in [1.165, 1.54) is 29.2 Å². The third kappa shape index (κ3) is 6.10. The lowest BCUT2D eigenvalue weighted by Crippen LogP contribution is -2.50. The largest absolute Gasteiger partial charge is 0.370 e. The van der Waals surface area contributed by atoms with Gasteiger partial charge in [0.1, 0.15) is 5.82 Å². The first-order valence-corrected chi connectivity index (χ1v) is 9.62. The van der Waals surface area contributed by atoms with Crippen molar-refractivity contribution in [2.24, 2.45) is 5.73 Å². The maximum atomic E-state index is 13.2. The minimum Gasteiger partial charge on any atom is -0.370 e. The fourth-order valence-electron chi connectivity index (χ4n) is 3.33. The number of aromatic nitrogens is 1. The van der Waals surface area contributed by atoms with Crippen molar-refractivity contribution in [2.75, 3.05) is 44.2 Å². The summed E-state index contributed by atoms with van der Waals surface area (Å²) in [4.78, 5) is 29.9. The van der Waals surface area contributed by atoms with Gasteiger partial charge in [-0.2, -0.15) is 0 Å². The van der Waals surface area contributed by atoms with Crippen molar-refractivity contribution in [2.45, 2.75) is 19.9 Å². The van der Waals surface area contributed by atoms with Crippen LogP contribution < -0.4 is 10.6 Å². The molecule has 0 radical (unpaired) electrons. The van der Waals surface area contributed by atoms with Crippen LogP contribution in [-0.4, -0.2) is 66.0 Å². The Balaban J connectivity index is 1.55. The van der Waals surface area contributed by atoms with Gasteiger partial charge in [-0.1, -0.05) is 5.16 Å². The summed E-state index contributed by atoms with van der Waals surface area (Å²) >= 11 is 0. The smallest absolute Gasteiger partial charge is 0.241 e. The molecule has 1 aromatic heterocycles. The molecule has 0 atom stereocenters. The zero-order valence-electron chi connectivity index (χ0n) is 16.5. The molecule has 29 heavy (non-hydrogen) atoms. The van der Waals surface area contributed by atoms with Crippen LogP contribution in [0.4, 0.5) is 10.1 Å². The van der Waals surface area contributed by atoms with Gasteiger partial charge in [0.05, 0.1) is 18.8 Å². The van der Waals surface area contributed by atoms with Crippen molar-refractivity contribution >= 4 is 17.5 Å². The average molecular weight is 403 g/mol. The third-order valence-corrected chi connectivity index (χ3v) is 4.90. The molecule has 8 nitrogen and oxygen atoms in total. The van der Waals surface area contributed by atoms with Crippen LogP contribution in [-0.2, 0) is 16.1 Å². The van der Waals surface area contributed by atoms with Crippen LogP contribution in [0.25, 0.3) is 0 Å². The average Bonchev–Trinajstić information content (AvgIpc) is 3.09. The van der Waals surface area contributed by atoms with E-state index >= 15 is 0 Å². The summed E-state index contributed by atoms with van der Waals surface area (Å²) in [7, 11) is 0. The summed E-state index contributed by atoms with van der Waals surface area (Å²) in [6.45, 7) is 6.09.